The third-order valence-corrected chi connectivity index (χ3v) is 5.72. The second-order valence-electron chi connectivity index (χ2n) is 8.02. The third kappa shape index (κ3) is 2.54. The van der Waals surface area contributed by atoms with E-state index in [4.69, 9.17) is 0 Å². The van der Waals surface area contributed by atoms with Gasteiger partial charge in [-0.15, -0.1) is 0 Å². The summed E-state index contributed by atoms with van der Waals surface area (Å²) in [5.41, 5.74) is -1.99. The molecule has 3 rings (SSSR count). The fourth-order valence-corrected chi connectivity index (χ4v) is 4.42. The standard InChI is InChI=1S/C18H21BrN2O5/c1-17(2,3)21-14(23)11-12(15(21)24)18(4,16(25)26)20-13(11)9-7-8(19)5-6-10(9)22/h5-7,11-13,20,22H,1-4H3,(H,25,26). The van der Waals surface area contributed by atoms with Crippen molar-refractivity contribution in [1.82, 2.24) is 10.2 Å². The van der Waals surface area contributed by atoms with Crippen LogP contribution in [0.1, 0.15) is 39.3 Å². The highest BCUT2D eigenvalue weighted by Crippen LogP contribution is 2.51. The van der Waals surface area contributed by atoms with E-state index in [1.807, 2.05) is 0 Å². The Morgan fingerprint density at radius 3 is 2.42 bits per heavy atom. The second kappa shape index (κ2) is 5.79. The van der Waals surface area contributed by atoms with Crippen molar-refractivity contribution in [2.24, 2.45) is 11.8 Å². The Morgan fingerprint density at radius 1 is 1.27 bits per heavy atom. The number of benzene rings is 1. The lowest BCUT2D eigenvalue weighted by molar-refractivity contribution is -0.152. The Morgan fingerprint density at radius 2 is 1.88 bits per heavy atom. The Bertz CT molecular complexity index is 818. The summed E-state index contributed by atoms with van der Waals surface area (Å²) < 4.78 is 0.678. The van der Waals surface area contributed by atoms with Crippen molar-refractivity contribution in [3.8, 4) is 5.75 Å². The van der Waals surface area contributed by atoms with Gasteiger partial charge >= 0.3 is 5.97 Å². The normalized spacial score (nSPS) is 31.4. The topological polar surface area (TPSA) is 107 Å². The molecule has 0 bridgehead atoms. The molecule has 1 aromatic rings. The summed E-state index contributed by atoms with van der Waals surface area (Å²) in [6.07, 6.45) is 0. The maximum Gasteiger partial charge on any atom is 0.324 e. The minimum atomic E-state index is -1.61. The molecule has 2 fully saturated rings. The van der Waals surface area contributed by atoms with Crippen molar-refractivity contribution in [2.75, 3.05) is 0 Å². The lowest BCUT2D eigenvalue weighted by Crippen LogP contribution is -2.55. The van der Waals surface area contributed by atoms with Crippen LogP contribution in [0.2, 0.25) is 0 Å². The van der Waals surface area contributed by atoms with Gasteiger partial charge in [-0.1, -0.05) is 15.9 Å². The second-order valence-corrected chi connectivity index (χ2v) is 8.93. The number of aliphatic carboxylic acids is 1. The summed E-state index contributed by atoms with van der Waals surface area (Å²) >= 11 is 3.33. The van der Waals surface area contributed by atoms with Gasteiger partial charge in [0, 0.05) is 21.6 Å². The average molecular weight is 425 g/mol. The van der Waals surface area contributed by atoms with E-state index >= 15 is 0 Å². The summed E-state index contributed by atoms with van der Waals surface area (Å²) in [5.74, 6) is -4.13. The maximum absolute atomic E-state index is 13.1. The number of carbonyl (C=O) groups is 3. The largest absolute Gasteiger partial charge is 0.508 e. The van der Waals surface area contributed by atoms with Crippen molar-refractivity contribution < 1.29 is 24.6 Å². The summed E-state index contributed by atoms with van der Waals surface area (Å²) in [7, 11) is 0. The number of hydrogen-bond donors (Lipinski definition) is 3. The first-order valence-electron chi connectivity index (χ1n) is 8.27. The van der Waals surface area contributed by atoms with E-state index in [9.17, 15) is 24.6 Å². The fourth-order valence-electron chi connectivity index (χ4n) is 4.04. The van der Waals surface area contributed by atoms with E-state index in [1.54, 1.807) is 32.9 Å². The number of aromatic hydroxyl groups is 1. The van der Waals surface area contributed by atoms with Gasteiger partial charge in [0.05, 0.1) is 11.8 Å². The van der Waals surface area contributed by atoms with Crippen molar-refractivity contribution >= 4 is 33.7 Å². The molecule has 0 aromatic heterocycles. The SMILES string of the molecule is CC1(C(=O)O)NC(c2cc(Br)ccc2O)C2C(=O)N(C(C)(C)C)C(=O)C21. The lowest BCUT2D eigenvalue weighted by atomic mass is 9.80. The third-order valence-electron chi connectivity index (χ3n) is 5.23. The number of hydrogen-bond acceptors (Lipinski definition) is 5. The van der Waals surface area contributed by atoms with E-state index in [2.05, 4.69) is 21.2 Å². The fraction of sp³-hybridized carbons (Fsp3) is 0.500. The molecule has 2 saturated heterocycles. The van der Waals surface area contributed by atoms with Crippen LogP contribution in [0, 0.1) is 11.8 Å². The molecule has 8 heteroatoms. The van der Waals surface area contributed by atoms with Gasteiger partial charge in [0.1, 0.15) is 11.3 Å². The Labute approximate surface area is 159 Å². The molecule has 3 N–H and O–H groups in total. The number of fused-ring (bicyclic) bond motifs is 1. The summed E-state index contributed by atoms with van der Waals surface area (Å²) in [4.78, 5) is 39.3. The predicted octanol–water partition coefficient (Wildman–Crippen LogP) is 2.04. The minimum Gasteiger partial charge on any atom is -0.508 e. The zero-order valence-corrected chi connectivity index (χ0v) is 16.5. The smallest absolute Gasteiger partial charge is 0.324 e. The highest BCUT2D eigenvalue weighted by atomic mass is 79.9. The number of likely N-dealkylation sites (tertiary alicyclic amines) is 1. The maximum atomic E-state index is 13.1. The first-order valence-corrected chi connectivity index (χ1v) is 9.06. The summed E-state index contributed by atoms with van der Waals surface area (Å²) in [6, 6.07) is 3.96. The van der Waals surface area contributed by atoms with Crippen LogP contribution in [-0.2, 0) is 14.4 Å². The predicted molar refractivity (Wildman–Crippen MR) is 96.3 cm³/mol. The summed E-state index contributed by atoms with van der Waals surface area (Å²) in [5, 5.41) is 23.0. The van der Waals surface area contributed by atoms with Crippen LogP contribution in [0.3, 0.4) is 0 Å². The lowest BCUT2D eigenvalue weighted by Gasteiger charge is -2.34. The van der Waals surface area contributed by atoms with Gasteiger partial charge in [0.25, 0.3) is 0 Å². The summed E-state index contributed by atoms with van der Waals surface area (Å²) in [6.45, 7) is 6.63. The number of nitrogens with one attached hydrogen (secondary N) is 1. The van der Waals surface area contributed by atoms with Crippen LogP contribution in [-0.4, -0.2) is 44.0 Å². The van der Waals surface area contributed by atoms with Gasteiger partial charge in [0.15, 0.2) is 0 Å². The number of amides is 2. The Balaban J connectivity index is 2.18. The molecule has 26 heavy (non-hydrogen) atoms. The van der Waals surface area contributed by atoms with Gasteiger partial charge in [-0.25, -0.2) is 0 Å². The number of carbonyl (C=O) groups excluding carboxylic acids is 2. The quantitative estimate of drug-likeness (QED) is 0.627. The van der Waals surface area contributed by atoms with Crippen LogP contribution in [0.5, 0.6) is 5.75 Å². The molecule has 1 aromatic carbocycles. The molecule has 0 saturated carbocycles. The molecule has 4 atom stereocenters. The average Bonchev–Trinajstić information content (AvgIpc) is 2.96. The monoisotopic (exact) mass is 424 g/mol. The number of phenols is 1. The number of nitrogens with zero attached hydrogens (tertiary/aromatic N) is 1. The van der Waals surface area contributed by atoms with Gasteiger partial charge in [-0.05, 0) is 45.9 Å². The van der Waals surface area contributed by atoms with Gasteiger partial charge in [-0.3, -0.25) is 24.6 Å². The molecule has 2 amide bonds. The van der Waals surface area contributed by atoms with Crippen molar-refractivity contribution in [3.05, 3.63) is 28.2 Å². The number of carboxylic acid groups (broad SMARTS) is 1. The molecule has 0 radical (unpaired) electrons. The number of phenolic OH excluding ortho intramolecular Hbond substituents is 1. The van der Waals surface area contributed by atoms with E-state index < -0.39 is 46.7 Å². The van der Waals surface area contributed by atoms with Crippen LogP contribution < -0.4 is 5.32 Å². The Kier molecular flexibility index (Phi) is 4.19. The van der Waals surface area contributed by atoms with Crippen molar-refractivity contribution in [2.45, 2.75) is 44.8 Å². The van der Waals surface area contributed by atoms with Gasteiger partial charge in [0.2, 0.25) is 11.8 Å². The zero-order valence-electron chi connectivity index (χ0n) is 14.9. The molecule has 2 aliphatic heterocycles. The van der Waals surface area contributed by atoms with Crippen molar-refractivity contribution in [3.63, 3.8) is 0 Å². The highest BCUT2D eigenvalue weighted by Gasteiger charge is 2.68. The minimum absolute atomic E-state index is 0.0615. The number of carboxylic acids is 1. The van der Waals surface area contributed by atoms with Crippen LogP contribution >= 0.6 is 15.9 Å². The molecule has 2 heterocycles. The highest BCUT2D eigenvalue weighted by molar-refractivity contribution is 9.10. The molecule has 2 aliphatic rings. The molecule has 0 spiro atoms. The molecule has 0 aliphatic carbocycles. The molecular weight excluding hydrogens is 404 g/mol. The van der Waals surface area contributed by atoms with E-state index in [0.29, 0.717) is 10.0 Å². The van der Waals surface area contributed by atoms with E-state index in [-0.39, 0.29) is 5.75 Å². The molecule has 7 nitrogen and oxygen atoms in total. The molecule has 4 unspecified atom stereocenters. The van der Waals surface area contributed by atoms with Crippen molar-refractivity contribution in [1.29, 1.82) is 0 Å². The first kappa shape index (κ1) is 18.8. The van der Waals surface area contributed by atoms with E-state index in [0.717, 1.165) is 4.90 Å². The van der Waals surface area contributed by atoms with Crippen LogP contribution in [0.15, 0.2) is 22.7 Å². The number of rotatable bonds is 2. The van der Waals surface area contributed by atoms with Gasteiger partial charge in [-0.2, -0.15) is 0 Å². The number of imide groups is 1. The molecular formula is C18H21BrN2O5. The van der Waals surface area contributed by atoms with Crippen LogP contribution in [0.25, 0.3) is 0 Å². The van der Waals surface area contributed by atoms with E-state index in [1.165, 1.54) is 13.0 Å². The molecule has 140 valence electrons. The zero-order chi connectivity index (χ0) is 19.6. The van der Waals surface area contributed by atoms with Gasteiger partial charge < -0.3 is 10.2 Å². The number of halogens is 1. The Hall–Kier alpha value is -1.93. The first-order chi connectivity index (χ1) is 11.9. The van der Waals surface area contributed by atoms with Crippen LogP contribution in [0.4, 0.5) is 0 Å².